The van der Waals surface area contributed by atoms with Crippen LogP contribution in [0.15, 0.2) is 61.2 Å². The van der Waals surface area contributed by atoms with Gasteiger partial charge in [-0.25, -0.2) is 19.7 Å². The van der Waals surface area contributed by atoms with Crippen molar-refractivity contribution < 1.29 is 24.5 Å². The van der Waals surface area contributed by atoms with Crippen LogP contribution < -0.4 is 11.1 Å². The molecule has 1 amide bonds. The minimum absolute atomic E-state index is 0.00361. The summed E-state index contributed by atoms with van der Waals surface area (Å²) in [6, 6.07) is 16.4. The Morgan fingerprint density at radius 2 is 1.88 bits per heavy atom. The molecule has 1 unspecified atom stereocenters. The number of amides is 1. The van der Waals surface area contributed by atoms with Gasteiger partial charge in [-0.05, 0) is 29.3 Å². The van der Waals surface area contributed by atoms with Crippen molar-refractivity contribution in [1.29, 1.82) is 0 Å². The summed E-state index contributed by atoms with van der Waals surface area (Å²) in [4.78, 5) is 26.6. The second-order valence-electron chi connectivity index (χ2n) is 10.2. The van der Waals surface area contributed by atoms with Gasteiger partial charge < -0.3 is 35.6 Å². The van der Waals surface area contributed by atoms with Gasteiger partial charge in [-0.2, -0.15) is 0 Å². The van der Waals surface area contributed by atoms with Gasteiger partial charge in [0.15, 0.2) is 17.2 Å². The van der Waals surface area contributed by atoms with E-state index >= 15 is 0 Å². The number of rotatable bonds is 8. The summed E-state index contributed by atoms with van der Waals surface area (Å²) in [5.74, 6) is 0.178. The topological polar surface area (TPSA) is 161 Å². The monoisotopic (exact) mass is 545 g/mol. The van der Waals surface area contributed by atoms with Crippen LogP contribution in [-0.4, -0.2) is 92.8 Å². The van der Waals surface area contributed by atoms with Crippen molar-refractivity contribution in [3.8, 4) is 11.1 Å². The average molecular weight is 546 g/mol. The van der Waals surface area contributed by atoms with E-state index in [1.54, 1.807) is 0 Å². The number of hydrogen-bond acceptors (Lipinski definition) is 10. The van der Waals surface area contributed by atoms with E-state index in [1.165, 1.54) is 28.3 Å². The Balaban J connectivity index is 0.992. The number of carbonyl (C=O) groups excluding carboxylic acids is 1. The van der Waals surface area contributed by atoms with Crippen LogP contribution in [0.2, 0.25) is 0 Å². The Kier molecular flexibility index (Phi) is 6.84. The predicted octanol–water partition coefficient (Wildman–Crippen LogP) is 1.28. The molecule has 1 aliphatic carbocycles. The molecule has 208 valence electrons. The second-order valence-corrected chi connectivity index (χ2v) is 10.2. The highest BCUT2D eigenvalue weighted by Gasteiger charge is 2.50. The fraction of sp³-hybridized carbons (Fsp3) is 0.357. The fourth-order valence-electron chi connectivity index (χ4n) is 5.60. The number of ether oxygens (including phenoxy) is 2. The molecule has 3 heterocycles. The zero-order chi connectivity index (χ0) is 27.9. The van der Waals surface area contributed by atoms with Gasteiger partial charge in [0, 0.05) is 25.6 Å². The number of nitrogens with one attached hydrogen (secondary N) is 1. The summed E-state index contributed by atoms with van der Waals surface area (Å²) >= 11 is 0. The molecule has 5 N–H and O–H groups in total. The molecule has 1 aliphatic heterocycles. The van der Waals surface area contributed by atoms with Crippen LogP contribution in [0.3, 0.4) is 0 Å². The van der Waals surface area contributed by atoms with Gasteiger partial charge in [0.25, 0.3) is 0 Å². The smallest absolute Gasteiger partial charge is 0.407 e. The van der Waals surface area contributed by atoms with Crippen molar-refractivity contribution in [1.82, 2.24) is 29.7 Å². The van der Waals surface area contributed by atoms with E-state index in [-0.39, 0.29) is 24.9 Å². The maximum absolute atomic E-state index is 12.5. The number of likely N-dealkylation sites (N-methyl/N-ethyl adjacent to an activating group) is 1. The number of nitrogen functional groups attached to an aromatic ring is 1. The molecule has 3 atom stereocenters. The van der Waals surface area contributed by atoms with Crippen LogP contribution in [0.1, 0.15) is 17.0 Å². The van der Waals surface area contributed by atoms with Crippen molar-refractivity contribution in [2.24, 2.45) is 0 Å². The Hall–Kier alpha value is -4.10. The van der Waals surface area contributed by atoms with E-state index in [9.17, 15) is 15.0 Å². The van der Waals surface area contributed by atoms with Crippen molar-refractivity contribution >= 4 is 23.1 Å². The number of alkyl carbamates (subject to hydrolysis) is 1. The van der Waals surface area contributed by atoms with Crippen LogP contribution in [0.5, 0.6) is 0 Å². The lowest BCUT2D eigenvalue weighted by molar-refractivity contribution is -0.108. The Labute approximate surface area is 230 Å². The molecule has 0 saturated carbocycles. The van der Waals surface area contributed by atoms with E-state index in [0.717, 1.165) is 11.1 Å². The Morgan fingerprint density at radius 1 is 1.18 bits per heavy atom. The highest BCUT2D eigenvalue weighted by atomic mass is 16.6. The summed E-state index contributed by atoms with van der Waals surface area (Å²) in [6.07, 6.45) is 0.220. The molecule has 2 aromatic heterocycles. The van der Waals surface area contributed by atoms with E-state index in [0.29, 0.717) is 30.8 Å². The third-order valence-corrected chi connectivity index (χ3v) is 7.71. The summed E-state index contributed by atoms with van der Waals surface area (Å²) in [7, 11) is 1.84. The summed E-state index contributed by atoms with van der Waals surface area (Å²) in [6.45, 7) is 1.23. The summed E-state index contributed by atoms with van der Waals surface area (Å²) in [5, 5.41) is 25.0. The number of nitrogens with two attached hydrogens (primary N) is 1. The van der Waals surface area contributed by atoms with E-state index < -0.39 is 24.0 Å². The first-order valence-corrected chi connectivity index (χ1v) is 13.1. The van der Waals surface area contributed by atoms with Gasteiger partial charge in [0.2, 0.25) is 0 Å². The predicted molar refractivity (Wildman–Crippen MR) is 146 cm³/mol. The van der Waals surface area contributed by atoms with Crippen LogP contribution >= 0.6 is 0 Å². The number of aliphatic hydroxyl groups is 2. The average Bonchev–Trinajstić information content (AvgIpc) is 3.62. The van der Waals surface area contributed by atoms with Crippen molar-refractivity contribution in [2.75, 3.05) is 45.6 Å². The van der Waals surface area contributed by atoms with Gasteiger partial charge >= 0.3 is 6.09 Å². The van der Waals surface area contributed by atoms with Gasteiger partial charge in [0.05, 0.1) is 12.9 Å². The number of aromatic nitrogens is 4. The van der Waals surface area contributed by atoms with Crippen LogP contribution in [-0.2, 0) is 15.2 Å². The third kappa shape index (κ3) is 4.54. The fourth-order valence-corrected chi connectivity index (χ4v) is 5.60. The van der Waals surface area contributed by atoms with Crippen LogP contribution in [0, 0.1) is 0 Å². The Morgan fingerprint density at radius 3 is 2.60 bits per heavy atom. The molecule has 0 spiro atoms. The van der Waals surface area contributed by atoms with E-state index in [2.05, 4.69) is 44.5 Å². The standard InChI is InChI=1S/C28H31N7O5/c1-34(12-22-24(36)28(38,14-40-22)35-16-33-23-25(29)31-15-32-26(23)35)11-10-30-27(37)39-13-21-19-8-4-2-6-17(19)18-7-3-5-9-20(18)21/h2-9,15-16,21-22,24,36,38H,10-14H2,1H3,(H,30,37)(H2,29,31,32)/t22?,24-,28+/m1/s1. The number of anilines is 1. The van der Waals surface area contributed by atoms with Crippen LogP contribution in [0.4, 0.5) is 10.6 Å². The SMILES string of the molecule is CN(CCNC(=O)OCC1c2ccccc2-c2ccccc21)CC1OC[C@@](O)(n2cnc3c(N)ncnc32)[C@@H]1O. The molecule has 2 aliphatic rings. The number of aliphatic hydroxyl groups excluding tert-OH is 1. The molecule has 4 aromatic rings. The Bertz CT molecular complexity index is 1500. The highest BCUT2D eigenvalue weighted by molar-refractivity contribution is 5.81. The zero-order valence-corrected chi connectivity index (χ0v) is 22.0. The number of fused-ring (bicyclic) bond motifs is 4. The van der Waals surface area contributed by atoms with Crippen molar-refractivity contribution in [2.45, 2.75) is 23.9 Å². The number of carbonyl (C=O) groups is 1. The number of nitrogens with zero attached hydrogens (tertiary/aromatic N) is 5. The molecule has 2 aromatic carbocycles. The first-order chi connectivity index (χ1) is 19.4. The molecule has 0 bridgehead atoms. The highest BCUT2D eigenvalue weighted by Crippen LogP contribution is 2.44. The van der Waals surface area contributed by atoms with E-state index in [1.807, 2.05) is 36.2 Å². The maximum Gasteiger partial charge on any atom is 0.407 e. The first-order valence-electron chi connectivity index (χ1n) is 13.1. The van der Waals surface area contributed by atoms with Gasteiger partial charge in [-0.3, -0.25) is 4.57 Å². The number of benzene rings is 2. The number of hydrogen-bond donors (Lipinski definition) is 4. The lowest BCUT2D eigenvalue weighted by Crippen LogP contribution is -2.48. The van der Waals surface area contributed by atoms with Gasteiger partial charge in [-0.15, -0.1) is 0 Å². The summed E-state index contributed by atoms with van der Waals surface area (Å²) in [5.41, 5.74) is 9.39. The largest absolute Gasteiger partial charge is 0.449 e. The second kappa shape index (κ2) is 10.5. The maximum atomic E-state index is 12.5. The molecule has 6 rings (SSSR count). The van der Waals surface area contributed by atoms with E-state index in [4.69, 9.17) is 15.2 Å². The molecule has 12 heteroatoms. The minimum atomic E-state index is -1.76. The van der Waals surface area contributed by atoms with Gasteiger partial charge in [-0.1, -0.05) is 48.5 Å². The van der Waals surface area contributed by atoms with Crippen molar-refractivity contribution in [3.63, 3.8) is 0 Å². The lowest BCUT2D eigenvalue weighted by Gasteiger charge is -2.29. The summed E-state index contributed by atoms with van der Waals surface area (Å²) < 4.78 is 12.7. The number of imidazole rings is 1. The molecule has 12 nitrogen and oxygen atoms in total. The van der Waals surface area contributed by atoms with Crippen LogP contribution in [0.25, 0.3) is 22.3 Å². The molecular formula is C28H31N7O5. The molecule has 40 heavy (non-hydrogen) atoms. The normalized spacial score (nSPS) is 22.0. The molecule has 1 fully saturated rings. The molecule has 1 saturated heterocycles. The minimum Gasteiger partial charge on any atom is -0.449 e. The molecular weight excluding hydrogens is 514 g/mol. The first kappa shape index (κ1) is 26.1. The lowest BCUT2D eigenvalue weighted by atomic mass is 9.98. The van der Waals surface area contributed by atoms with Gasteiger partial charge in [0.1, 0.15) is 30.7 Å². The quantitative estimate of drug-likeness (QED) is 0.254. The third-order valence-electron chi connectivity index (χ3n) is 7.71. The van der Waals surface area contributed by atoms with Crippen molar-refractivity contribution in [3.05, 3.63) is 72.3 Å². The zero-order valence-electron chi connectivity index (χ0n) is 22.0. The molecule has 0 radical (unpaired) electrons.